The molecule has 0 aliphatic rings. The van der Waals surface area contributed by atoms with Crippen molar-refractivity contribution in [2.75, 3.05) is 17.7 Å². The molecular weight excluding hydrogens is 228 g/mol. The summed E-state index contributed by atoms with van der Waals surface area (Å²) in [4.78, 5) is 20.2. The topological polar surface area (TPSA) is 66.9 Å². The van der Waals surface area contributed by atoms with Crippen LogP contribution in [0.15, 0.2) is 36.8 Å². The van der Waals surface area contributed by atoms with Crippen molar-refractivity contribution in [2.24, 2.45) is 0 Å². The largest absolute Gasteiger partial charge is 0.386 e. The summed E-state index contributed by atoms with van der Waals surface area (Å²) in [6.45, 7) is 1.90. The standard InChI is InChI=1S/C13H14N4O/c1-9-3-4-10(7-16-9)17-13(18)11-5-6-15-8-12(11)14-2/h3-8,14H,1-2H3,(H,17,18). The van der Waals surface area contributed by atoms with Gasteiger partial charge in [-0.1, -0.05) is 0 Å². The number of nitrogens with one attached hydrogen (secondary N) is 2. The summed E-state index contributed by atoms with van der Waals surface area (Å²) in [5.41, 5.74) is 2.82. The van der Waals surface area contributed by atoms with E-state index in [1.165, 1.54) is 0 Å². The van der Waals surface area contributed by atoms with Gasteiger partial charge in [-0.15, -0.1) is 0 Å². The van der Waals surface area contributed by atoms with E-state index in [0.29, 0.717) is 16.9 Å². The van der Waals surface area contributed by atoms with E-state index < -0.39 is 0 Å². The maximum Gasteiger partial charge on any atom is 0.257 e. The van der Waals surface area contributed by atoms with E-state index in [1.54, 1.807) is 31.7 Å². The van der Waals surface area contributed by atoms with Gasteiger partial charge in [0.1, 0.15) is 0 Å². The third-order valence-electron chi connectivity index (χ3n) is 2.50. The summed E-state index contributed by atoms with van der Waals surface area (Å²) in [5, 5.41) is 5.72. The molecule has 0 saturated carbocycles. The molecule has 2 N–H and O–H groups in total. The SMILES string of the molecule is CNc1cnccc1C(=O)Nc1ccc(C)nc1. The smallest absolute Gasteiger partial charge is 0.257 e. The fourth-order valence-corrected chi connectivity index (χ4v) is 1.53. The lowest BCUT2D eigenvalue weighted by molar-refractivity contribution is 0.102. The van der Waals surface area contributed by atoms with Gasteiger partial charge in [0.2, 0.25) is 0 Å². The highest BCUT2D eigenvalue weighted by Gasteiger charge is 2.10. The molecule has 0 radical (unpaired) electrons. The average molecular weight is 242 g/mol. The van der Waals surface area contributed by atoms with Crippen LogP contribution in [0.25, 0.3) is 0 Å². The number of amides is 1. The number of pyridine rings is 2. The first-order valence-electron chi connectivity index (χ1n) is 5.56. The Morgan fingerprint density at radius 3 is 2.72 bits per heavy atom. The minimum Gasteiger partial charge on any atom is -0.386 e. The summed E-state index contributed by atoms with van der Waals surface area (Å²) in [6, 6.07) is 5.34. The van der Waals surface area contributed by atoms with Crippen molar-refractivity contribution in [2.45, 2.75) is 6.92 Å². The molecule has 0 saturated heterocycles. The molecule has 0 aliphatic carbocycles. The summed E-state index contributed by atoms with van der Waals surface area (Å²) in [7, 11) is 1.75. The van der Waals surface area contributed by atoms with E-state index in [4.69, 9.17) is 0 Å². The number of nitrogens with zero attached hydrogens (tertiary/aromatic N) is 2. The van der Waals surface area contributed by atoms with Gasteiger partial charge < -0.3 is 10.6 Å². The first kappa shape index (κ1) is 12.0. The van der Waals surface area contributed by atoms with Gasteiger partial charge in [-0.25, -0.2) is 0 Å². The first-order valence-corrected chi connectivity index (χ1v) is 5.56. The van der Waals surface area contributed by atoms with Crippen LogP contribution in [0.1, 0.15) is 16.1 Å². The van der Waals surface area contributed by atoms with Gasteiger partial charge in [0, 0.05) is 18.9 Å². The third kappa shape index (κ3) is 2.63. The molecule has 18 heavy (non-hydrogen) atoms. The molecule has 5 heteroatoms. The highest BCUT2D eigenvalue weighted by atomic mass is 16.1. The number of hydrogen-bond donors (Lipinski definition) is 2. The normalized spacial score (nSPS) is 9.89. The van der Waals surface area contributed by atoms with E-state index in [2.05, 4.69) is 20.6 Å². The van der Waals surface area contributed by atoms with E-state index in [9.17, 15) is 4.79 Å². The Kier molecular flexibility index (Phi) is 3.52. The molecule has 5 nitrogen and oxygen atoms in total. The molecule has 2 aromatic rings. The van der Waals surface area contributed by atoms with Crippen molar-refractivity contribution in [3.05, 3.63) is 48.0 Å². The van der Waals surface area contributed by atoms with Crippen LogP contribution in [0.4, 0.5) is 11.4 Å². The maximum absolute atomic E-state index is 12.1. The van der Waals surface area contributed by atoms with Gasteiger partial charge in [0.15, 0.2) is 0 Å². The van der Waals surface area contributed by atoms with Crippen LogP contribution < -0.4 is 10.6 Å². The van der Waals surface area contributed by atoms with E-state index >= 15 is 0 Å². The van der Waals surface area contributed by atoms with Crippen molar-refractivity contribution >= 4 is 17.3 Å². The monoisotopic (exact) mass is 242 g/mol. The van der Waals surface area contributed by atoms with Crippen LogP contribution in [-0.4, -0.2) is 22.9 Å². The summed E-state index contributed by atoms with van der Waals surface area (Å²) < 4.78 is 0. The Morgan fingerprint density at radius 1 is 1.22 bits per heavy atom. The molecule has 0 bridgehead atoms. The molecule has 2 aromatic heterocycles. The first-order chi connectivity index (χ1) is 8.70. The number of carbonyl (C=O) groups is 1. The van der Waals surface area contributed by atoms with Crippen LogP contribution in [0.2, 0.25) is 0 Å². The van der Waals surface area contributed by atoms with Crippen LogP contribution >= 0.6 is 0 Å². The van der Waals surface area contributed by atoms with Crippen molar-refractivity contribution < 1.29 is 4.79 Å². The van der Waals surface area contributed by atoms with Crippen molar-refractivity contribution in [3.8, 4) is 0 Å². The van der Waals surface area contributed by atoms with Crippen LogP contribution in [0.5, 0.6) is 0 Å². The molecule has 0 unspecified atom stereocenters. The minimum absolute atomic E-state index is 0.188. The van der Waals surface area contributed by atoms with Crippen molar-refractivity contribution in [3.63, 3.8) is 0 Å². The average Bonchev–Trinajstić information content (AvgIpc) is 2.41. The zero-order valence-corrected chi connectivity index (χ0v) is 10.3. The minimum atomic E-state index is -0.188. The molecule has 2 heterocycles. The molecule has 0 fully saturated rings. The van der Waals surface area contributed by atoms with Crippen molar-refractivity contribution in [1.29, 1.82) is 0 Å². The molecular formula is C13H14N4O. The van der Waals surface area contributed by atoms with Crippen LogP contribution in [0, 0.1) is 6.92 Å². The number of anilines is 2. The third-order valence-corrected chi connectivity index (χ3v) is 2.50. The molecule has 1 amide bonds. The zero-order chi connectivity index (χ0) is 13.0. The lowest BCUT2D eigenvalue weighted by Gasteiger charge is -2.08. The molecule has 0 spiro atoms. The van der Waals surface area contributed by atoms with Gasteiger partial charge in [0.25, 0.3) is 5.91 Å². The van der Waals surface area contributed by atoms with Crippen molar-refractivity contribution in [1.82, 2.24) is 9.97 Å². The number of rotatable bonds is 3. The van der Waals surface area contributed by atoms with E-state index in [-0.39, 0.29) is 5.91 Å². The van der Waals surface area contributed by atoms with Gasteiger partial charge in [-0.05, 0) is 25.1 Å². The Bertz CT molecular complexity index is 551. The number of aryl methyl sites for hydroxylation is 1. The van der Waals surface area contributed by atoms with Crippen LogP contribution in [-0.2, 0) is 0 Å². The quantitative estimate of drug-likeness (QED) is 0.864. The zero-order valence-electron chi connectivity index (χ0n) is 10.3. The number of hydrogen-bond acceptors (Lipinski definition) is 4. The molecule has 0 aromatic carbocycles. The summed E-state index contributed by atoms with van der Waals surface area (Å²) in [6.07, 6.45) is 4.83. The summed E-state index contributed by atoms with van der Waals surface area (Å²) in [5.74, 6) is -0.188. The summed E-state index contributed by atoms with van der Waals surface area (Å²) >= 11 is 0. The van der Waals surface area contributed by atoms with Crippen LogP contribution in [0.3, 0.4) is 0 Å². The Morgan fingerprint density at radius 2 is 2.06 bits per heavy atom. The molecule has 0 aliphatic heterocycles. The molecule has 92 valence electrons. The predicted molar refractivity (Wildman–Crippen MR) is 70.7 cm³/mol. The number of aromatic nitrogens is 2. The van der Waals surface area contributed by atoms with E-state index in [0.717, 1.165) is 5.69 Å². The van der Waals surface area contributed by atoms with Gasteiger partial charge >= 0.3 is 0 Å². The highest BCUT2D eigenvalue weighted by molar-refractivity contribution is 6.07. The Balaban J connectivity index is 2.19. The lowest BCUT2D eigenvalue weighted by Crippen LogP contribution is -2.14. The van der Waals surface area contributed by atoms with Gasteiger partial charge in [0.05, 0.1) is 29.3 Å². The van der Waals surface area contributed by atoms with Gasteiger partial charge in [-0.2, -0.15) is 0 Å². The lowest BCUT2D eigenvalue weighted by atomic mass is 10.2. The fraction of sp³-hybridized carbons (Fsp3) is 0.154. The Hall–Kier alpha value is -2.43. The second-order valence-electron chi connectivity index (χ2n) is 3.81. The van der Waals surface area contributed by atoms with E-state index in [1.807, 2.05) is 19.1 Å². The fourth-order valence-electron chi connectivity index (χ4n) is 1.53. The number of carbonyl (C=O) groups excluding carboxylic acids is 1. The molecule has 0 atom stereocenters. The maximum atomic E-state index is 12.1. The highest BCUT2D eigenvalue weighted by Crippen LogP contribution is 2.15. The molecule has 2 rings (SSSR count). The predicted octanol–water partition coefficient (Wildman–Crippen LogP) is 2.08. The van der Waals surface area contributed by atoms with Gasteiger partial charge in [-0.3, -0.25) is 14.8 Å². The Labute approximate surface area is 105 Å². The second kappa shape index (κ2) is 5.27. The second-order valence-corrected chi connectivity index (χ2v) is 3.81.